The average molecular weight is 522 g/mol. The van der Waals surface area contributed by atoms with Gasteiger partial charge in [0.05, 0.1) is 0 Å². The van der Waals surface area contributed by atoms with Gasteiger partial charge in [0.1, 0.15) is 5.82 Å². The molecule has 0 fully saturated rings. The molecular weight excluding hydrogens is 465 g/mol. The summed E-state index contributed by atoms with van der Waals surface area (Å²) in [5.74, 6) is -0.199. The molecule has 1 N–H and O–H groups in total. The molecule has 38 heavy (non-hydrogen) atoms. The summed E-state index contributed by atoms with van der Waals surface area (Å²) in [5, 5.41) is 3.48. The molecule has 0 aliphatic heterocycles. The van der Waals surface area contributed by atoms with Crippen LogP contribution in [0.25, 0.3) is 5.57 Å². The van der Waals surface area contributed by atoms with Crippen LogP contribution < -0.4 is 5.32 Å². The van der Waals surface area contributed by atoms with E-state index in [2.05, 4.69) is 83.9 Å². The van der Waals surface area contributed by atoms with Crippen LogP contribution in [0.2, 0.25) is 0 Å². The summed E-state index contributed by atoms with van der Waals surface area (Å²) in [4.78, 5) is 0. The molecule has 0 bridgehead atoms. The van der Waals surface area contributed by atoms with E-state index in [0.717, 1.165) is 68.2 Å². The predicted molar refractivity (Wildman–Crippen MR) is 170 cm³/mol. The molecule has 0 spiro atoms. The second-order valence-electron chi connectivity index (χ2n) is 10.0. The average Bonchev–Trinajstić information content (AvgIpc) is 2.93. The molecule has 0 aliphatic rings. The van der Waals surface area contributed by atoms with Gasteiger partial charge >= 0.3 is 0 Å². The van der Waals surface area contributed by atoms with Crippen molar-refractivity contribution < 1.29 is 4.39 Å². The van der Waals surface area contributed by atoms with Crippen molar-refractivity contribution in [1.29, 1.82) is 0 Å². The number of halogens is 1. The van der Waals surface area contributed by atoms with Crippen LogP contribution in [0.4, 0.5) is 4.39 Å². The van der Waals surface area contributed by atoms with Crippen molar-refractivity contribution in [3.05, 3.63) is 103 Å². The van der Waals surface area contributed by atoms with Crippen LogP contribution in [-0.2, 0) is 6.42 Å². The molecule has 0 amide bonds. The molecular formula is C36H56FN. The highest BCUT2D eigenvalue weighted by molar-refractivity contribution is 5.62. The van der Waals surface area contributed by atoms with Gasteiger partial charge < -0.3 is 5.32 Å². The third kappa shape index (κ3) is 17.8. The van der Waals surface area contributed by atoms with Gasteiger partial charge in [-0.15, -0.1) is 6.58 Å². The van der Waals surface area contributed by atoms with Gasteiger partial charge in [-0.25, -0.2) is 4.39 Å². The molecule has 0 saturated carbocycles. The molecule has 2 rings (SSSR count). The third-order valence-electron chi connectivity index (χ3n) is 6.69. The number of allylic oxidation sites excluding steroid dienone is 3. The van der Waals surface area contributed by atoms with E-state index in [1.54, 1.807) is 12.1 Å². The minimum Gasteiger partial charge on any atom is -0.386 e. The summed E-state index contributed by atoms with van der Waals surface area (Å²) in [6, 6.07) is 15.6. The van der Waals surface area contributed by atoms with Gasteiger partial charge in [0.15, 0.2) is 0 Å². The summed E-state index contributed by atoms with van der Waals surface area (Å²) >= 11 is 0. The van der Waals surface area contributed by atoms with Gasteiger partial charge in [-0.1, -0.05) is 109 Å². The molecule has 0 saturated heterocycles. The maximum absolute atomic E-state index is 12.9. The maximum atomic E-state index is 12.9. The topological polar surface area (TPSA) is 12.0 Å². The van der Waals surface area contributed by atoms with Gasteiger partial charge in [0.25, 0.3) is 0 Å². The Balaban J connectivity index is 0.000000666. The Hall–Kier alpha value is -2.61. The lowest BCUT2D eigenvalue weighted by Gasteiger charge is -2.18. The monoisotopic (exact) mass is 521 g/mol. The summed E-state index contributed by atoms with van der Waals surface area (Å²) < 4.78 is 12.9. The van der Waals surface area contributed by atoms with Crippen LogP contribution in [-0.4, -0.2) is 6.04 Å². The Labute approximate surface area is 235 Å². The Bertz CT molecular complexity index is 872. The van der Waals surface area contributed by atoms with E-state index in [-0.39, 0.29) is 5.82 Å². The van der Waals surface area contributed by atoms with E-state index in [1.165, 1.54) is 48.9 Å². The highest BCUT2D eigenvalue weighted by Gasteiger charge is 2.04. The van der Waals surface area contributed by atoms with E-state index in [9.17, 15) is 4.39 Å². The van der Waals surface area contributed by atoms with Crippen molar-refractivity contribution in [2.24, 2.45) is 0 Å². The minimum absolute atomic E-state index is 0.199. The van der Waals surface area contributed by atoms with Crippen molar-refractivity contribution in [2.75, 3.05) is 0 Å². The van der Waals surface area contributed by atoms with Crippen LogP contribution in [0.15, 0.2) is 80.0 Å². The van der Waals surface area contributed by atoms with Crippen molar-refractivity contribution in [2.45, 2.75) is 118 Å². The zero-order valence-electron chi connectivity index (χ0n) is 25.3. The van der Waals surface area contributed by atoms with Crippen molar-refractivity contribution in [1.82, 2.24) is 5.32 Å². The SMILES string of the molecule is C=C(CCCCC(=C)c1ccc(F)cc1)NC(CC)CC.C=CCCc1ccccc1C.CCCCCC. The van der Waals surface area contributed by atoms with E-state index in [4.69, 9.17) is 0 Å². The van der Waals surface area contributed by atoms with Gasteiger partial charge in [-0.3, -0.25) is 0 Å². The lowest BCUT2D eigenvalue weighted by molar-refractivity contribution is 0.518. The van der Waals surface area contributed by atoms with Crippen LogP contribution in [0.5, 0.6) is 0 Å². The fourth-order valence-corrected chi connectivity index (χ4v) is 4.01. The number of hydrogen-bond donors (Lipinski definition) is 1. The van der Waals surface area contributed by atoms with E-state index < -0.39 is 0 Å². The molecule has 0 aliphatic carbocycles. The Morgan fingerprint density at radius 2 is 1.42 bits per heavy atom. The van der Waals surface area contributed by atoms with Crippen molar-refractivity contribution in [3.63, 3.8) is 0 Å². The highest BCUT2D eigenvalue weighted by atomic mass is 19.1. The zero-order valence-corrected chi connectivity index (χ0v) is 25.3. The summed E-state index contributed by atoms with van der Waals surface area (Å²) in [6.07, 6.45) is 16.1. The maximum Gasteiger partial charge on any atom is 0.123 e. The molecule has 0 atom stereocenters. The molecule has 212 valence electrons. The van der Waals surface area contributed by atoms with Crippen molar-refractivity contribution in [3.8, 4) is 0 Å². The molecule has 0 aromatic heterocycles. The number of rotatable bonds is 16. The van der Waals surface area contributed by atoms with Crippen molar-refractivity contribution >= 4 is 5.57 Å². The first kappa shape index (κ1) is 35.4. The largest absolute Gasteiger partial charge is 0.386 e. The molecule has 0 unspecified atom stereocenters. The second kappa shape index (κ2) is 23.5. The van der Waals surface area contributed by atoms with E-state index >= 15 is 0 Å². The number of unbranched alkanes of at least 4 members (excludes halogenated alkanes) is 4. The fraction of sp³-hybridized carbons (Fsp3) is 0.500. The molecule has 2 heteroatoms. The summed E-state index contributed by atoms with van der Waals surface area (Å²) in [7, 11) is 0. The van der Waals surface area contributed by atoms with Crippen LogP contribution in [0.1, 0.15) is 115 Å². The number of aryl methyl sites for hydroxylation is 2. The Kier molecular flexibility index (Phi) is 21.9. The predicted octanol–water partition coefficient (Wildman–Crippen LogP) is 11.4. The van der Waals surface area contributed by atoms with E-state index in [0.29, 0.717) is 6.04 Å². The normalized spacial score (nSPS) is 10.1. The van der Waals surface area contributed by atoms with Gasteiger partial charge in [-0.05, 0) is 92.7 Å². The minimum atomic E-state index is -0.199. The highest BCUT2D eigenvalue weighted by Crippen LogP contribution is 2.20. The molecule has 2 aromatic carbocycles. The zero-order chi connectivity index (χ0) is 28.6. The first-order valence-corrected chi connectivity index (χ1v) is 14.9. The van der Waals surface area contributed by atoms with Crippen LogP contribution in [0, 0.1) is 12.7 Å². The van der Waals surface area contributed by atoms with Gasteiger partial charge in [0, 0.05) is 11.7 Å². The number of benzene rings is 2. The summed E-state index contributed by atoms with van der Waals surface area (Å²) in [6.45, 7) is 22.9. The molecule has 2 aromatic rings. The Morgan fingerprint density at radius 3 is 1.95 bits per heavy atom. The standard InChI is InChI=1S/C19H28FN.C11H14.C6H14/c1-5-19(6-2)21-16(4)10-8-7-9-15(3)17-11-13-18(20)14-12-17;1-3-4-8-11-9-6-5-7-10(11)2;1-3-5-6-4-2/h11-14,19,21H,3-10H2,1-2H3;3,5-7,9H,1,4,8H2,2H3;3-6H2,1-2H3. The lowest BCUT2D eigenvalue weighted by atomic mass is 10.0. The quantitative estimate of drug-likeness (QED) is 0.171. The first-order chi connectivity index (χ1) is 18.3. The molecule has 0 heterocycles. The van der Waals surface area contributed by atoms with Crippen LogP contribution >= 0.6 is 0 Å². The van der Waals surface area contributed by atoms with Gasteiger partial charge in [0.2, 0.25) is 0 Å². The van der Waals surface area contributed by atoms with Crippen LogP contribution in [0.3, 0.4) is 0 Å². The Morgan fingerprint density at radius 1 is 0.842 bits per heavy atom. The fourth-order valence-electron chi connectivity index (χ4n) is 4.01. The van der Waals surface area contributed by atoms with E-state index in [1.807, 2.05) is 6.08 Å². The molecule has 0 radical (unpaired) electrons. The number of nitrogens with one attached hydrogen (secondary N) is 1. The third-order valence-corrected chi connectivity index (χ3v) is 6.69. The first-order valence-electron chi connectivity index (χ1n) is 14.9. The molecule has 1 nitrogen and oxygen atoms in total. The second-order valence-corrected chi connectivity index (χ2v) is 10.0. The van der Waals surface area contributed by atoms with Gasteiger partial charge in [-0.2, -0.15) is 0 Å². The smallest absolute Gasteiger partial charge is 0.123 e. The lowest BCUT2D eigenvalue weighted by Crippen LogP contribution is -2.26. The summed E-state index contributed by atoms with van der Waals surface area (Å²) in [5.41, 5.74) is 6.07. The number of hydrogen-bond acceptors (Lipinski definition) is 1.